The molecule has 1 aliphatic heterocycles. The van der Waals surface area contributed by atoms with Gasteiger partial charge < -0.3 is 14.5 Å². The largest absolute Gasteiger partial charge is 0.459 e. The molecule has 2 heterocycles. The number of fused-ring (bicyclic) bond motifs is 1. The highest BCUT2D eigenvalue weighted by Crippen LogP contribution is 2.36. The van der Waals surface area contributed by atoms with E-state index in [9.17, 15) is 0 Å². The van der Waals surface area contributed by atoms with Crippen molar-refractivity contribution >= 4 is 11.0 Å². The lowest BCUT2D eigenvalue weighted by molar-refractivity contribution is 0.0752. The molecule has 1 aliphatic rings. The van der Waals surface area contributed by atoms with Crippen LogP contribution in [0.25, 0.3) is 11.0 Å². The van der Waals surface area contributed by atoms with Crippen molar-refractivity contribution in [3.05, 3.63) is 36.1 Å². The summed E-state index contributed by atoms with van der Waals surface area (Å²) in [6, 6.07) is 10.6. The van der Waals surface area contributed by atoms with Gasteiger partial charge in [-0.05, 0) is 31.5 Å². The second-order valence-corrected chi connectivity index (χ2v) is 5.49. The van der Waals surface area contributed by atoms with Crippen molar-refractivity contribution in [3.63, 3.8) is 0 Å². The molecule has 3 nitrogen and oxygen atoms in total. The van der Waals surface area contributed by atoms with Crippen LogP contribution < -0.4 is 5.32 Å². The Hall–Kier alpha value is -1.32. The van der Waals surface area contributed by atoms with E-state index in [0.717, 1.165) is 37.3 Å². The lowest BCUT2D eigenvalue weighted by Gasteiger charge is -2.26. The molecule has 1 N–H and O–H groups in total. The Morgan fingerprint density at radius 1 is 1.30 bits per heavy atom. The summed E-state index contributed by atoms with van der Waals surface area (Å²) in [5.74, 6) is 1.54. The third kappa shape index (κ3) is 2.48. The third-order valence-electron chi connectivity index (χ3n) is 4.27. The number of benzene rings is 1. The van der Waals surface area contributed by atoms with E-state index in [2.05, 4.69) is 37.4 Å². The van der Waals surface area contributed by atoms with E-state index in [1.165, 1.54) is 5.39 Å². The van der Waals surface area contributed by atoms with E-state index in [-0.39, 0.29) is 6.04 Å². The standard InChI is InChI=1S/C17H23NO2/c1-3-14-13(9-10-19-14)17(18-4-2)16-11-12-7-5-6-8-15(12)20-16/h5-8,11,13-14,17-18H,3-4,9-10H2,1-2H3. The van der Waals surface area contributed by atoms with Crippen molar-refractivity contribution in [2.24, 2.45) is 5.92 Å². The first-order valence-corrected chi connectivity index (χ1v) is 7.67. The fourth-order valence-corrected chi connectivity index (χ4v) is 3.31. The number of hydrogen-bond acceptors (Lipinski definition) is 3. The van der Waals surface area contributed by atoms with Crippen LogP contribution in [0.4, 0.5) is 0 Å². The molecule has 1 aromatic heterocycles. The maximum absolute atomic E-state index is 6.07. The van der Waals surface area contributed by atoms with Gasteiger partial charge in [0.2, 0.25) is 0 Å². The summed E-state index contributed by atoms with van der Waals surface area (Å²) in [4.78, 5) is 0. The van der Waals surface area contributed by atoms with Crippen molar-refractivity contribution in [3.8, 4) is 0 Å². The number of furan rings is 1. The Morgan fingerprint density at radius 3 is 2.90 bits per heavy atom. The molecule has 0 bridgehead atoms. The average molecular weight is 273 g/mol. The minimum Gasteiger partial charge on any atom is -0.459 e. The first-order valence-electron chi connectivity index (χ1n) is 7.67. The molecule has 3 heteroatoms. The highest BCUT2D eigenvalue weighted by Gasteiger charge is 2.35. The highest BCUT2D eigenvalue weighted by molar-refractivity contribution is 5.77. The first-order chi connectivity index (χ1) is 9.83. The predicted octanol–water partition coefficient (Wildman–Crippen LogP) is 3.90. The monoisotopic (exact) mass is 273 g/mol. The second kappa shape index (κ2) is 5.98. The molecule has 1 fully saturated rings. The van der Waals surface area contributed by atoms with Crippen molar-refractivity contribution in [2.75, 3.05) is 13.2 Å². The predicted molar refractivity (Wildman–Crippen MR) is 80.8 cm³/mol. The molecule has 0 saturated carbocycles. The molecule has 2 aromatic rings. The Kier molecular flexibility index (Phi) is 4.08. The van der Waals surface area contributed by atoms with Gasteiger partial charge in [-0.25, -0.2) is 0 Å². The zero-order valence-corrected chi connectivity index (χ0v) is 12.3. The average Bonchev–Trinajstić information content (AvgIpc) is 3.10. The van der Waals surface area contributed by atoms with Crippen LogP contribution in [0.1, 0.15) is 38.5 Å². The molecule has 3 rings (SSSR count). The molecular formula is C17H23NO2. The van der Waals surface area contributed by atoms with Gasteiger partial charge in [0.15, 0.2) is 0 Å². The van der Waals surface area contributed by atoms with Crippen LogP contribution in [0.5, 0.6) is 0 Å². The molecule has 0 spiro atoms. The van der Waals surface area contributed by atoms with Crippen LogP contribution >= 0.6 is 0 Å². The van der Waals surface area contributed by atoms with E-state index in [1.807, 2.05) is 12.1 Å². The van der Waals surface area contributed by atoms with E-state index >= 15 is 0 Å². The molecule has 108 valence electrons. The van der Waals surface area contributed by atoms with Crippen LogP contribution in [-0.4, -0.2) is 19.3 Å². The quantitative estimate of drug-likeness (QED) is 0.897. The summed E-state index contributed by atoms with van der Waals surface area (Å²) in [5, 5.41) is 4.77. The summed E-state index contributed by atoms with van der Waals surface area (Å²) in [7, 11) is 0. The third-order valence-corrected chi connectivity index (χ3v) is 4.27. The van der Waals surface area contributed by atoms with Crippen molar-refractivity contribution in [1.29, 1.82) is 0 Å². The van der Waals surface area contributed by atoms with Crippen LogP contribution in [0.15, 0.2) is 34.7 Å². The summed E-state index contributed by atoms with van der Waals surface area (Å²) >= 11 is 0. The van der Waals surface area contributed by atoms with Gasteiger partial charge in [0.1, 0.15) is 11.3 Å². The lowest BCUT2D eigenvalue weighted by atomic mass is 9.89. The normalized spacial score (nSPS) is 24.3. The summed E-state index contributed by atoms with van der Waals surface area (Å²) in [6.45, 7) is 6.15. The lowest BCUT2D eigenvalue weighted by Crippen LogP contribution is -2.32. The van der Waals surface area contributed by atoms with Gasteiger partial charge in [0, 0.05) is 17.9 Å². The topological polar surface area (TPSA) is 34.4 Å². The van der Waals surface area contributed by atoms with E-state index in [1.54, 1.807) is 0 Å². The van der Waals surface area contributed by atoms with Gasteiger partial charge in [-0.15, -0.1) is 0 Å². The minimum atomic E-state index is 0.250. The van der Waals surface area contributed by atoms with Gasteiger partial charge in [-0.1, -0.05) is 32.0 Å². The van der Waals surface area contributed by atoms with Gasteiger partial charge >= 0.3 is 0 Å². The summed E-state index contributed by atoms with van der Waals surface area (Å²) in [5.41, 5.74) is 0.970. The minimum absolute atomic E-state index is 0.250. The number of hydrogen-bond donors (Lipinski definition) is 1. The number of ether oxygens (including phenoxy) is 1. The van der Waals surface area contributed by atoms with Gasteiger partial charge in [-0.3, -0.25) is 0 Å². The van der Waals surface area contributed by atoms with E-state index in [0.29, 0.717) is 12.0 Å². The molecule has 3 atom stereocenters. The Labute approximate surface area is 120 Å². The van der Waals surface area contributed by atoms with Crippen LogP contribution in [0.3, 0.4) is 0 Å². The van der Waals surface area contributed by atoms with Gasteiger partial charge in [0.25, 0.3) is 0 Å². The van der Waals surface area contributed by atoms with Crippen LogP contribution in [-0.2, 0) is 4.74 Å². The van der Waals surface area contributed by atoms with Crippen LogP contribution in [0.2, 0.25) is 0 Å². The molecule has 0 amide bonds. The van der Waals surface area contributed by atoms with E-state index < -0.39 is 0 Å². The Bertz CT molecular complexity index is 530. The maximum atomic E-state index is 6.07. The van der Waals surface area contributed by atoms with Gasteiger partial charge in [0.05, 0.1) is 12.1 Å². The summed E-state index contributed by atoms with van der Waals surface area (Å²) < 4.78 is 11.9. The Balaban J connectivity index is 1.93. The molecule has 1 saturated heterocycles. The SMILES string of the molecule is CCNC(c1cc2ccccc2o1)C1CCOC1CC. The molecule has 0 aliphatic carbocycles. The zero-order chi connectivity index (χ0) is 13.9. The first kappa shape index (κ1) is 13.7. The van der Waals surface area contributed by atoms with Crippen molar-refractivity contribution < 1.29 is 9.15 Å². The molecule has 20 heavy (non-hydrogen) atoms. The number of rotatable bonds is 5. The number of nitrogens with one attached hydrogen (secondary N) is 1. The fraction of sp³-hybridized carbons (Fsp3) is 0.529. The zero-order valence-electron chi connectivity index (χ0n) is 12.3. The molecular weight excluding hydrogens is 250 g/mol. The highest BCUT2D eigenvalue weighted by atomic mass is 16.5. The van der Waals surface area contributed by atoms with E-state index in [4.69, 9.17) is 9.15 Å². The van der Waals surface area contributed by atoms with Gasteiger partial charge in [-0.2, -0.15) is 0 Å². The summed E-state index contributed by atoms with van der Waals surface area (Å²) in [6.07, 6.45) is 2.51. The van der Waals surface area contributed by atoms with Crippen molar-refractivity contribution in [1.82, 2.24) is 5.32 Å². The Morgan fingerprint density at radius 2 is 2.15 bits per heavy atom. The number of para-hydroxylation sites is 1. The van der Waals surface area contributed by atoms with Crippen molar-refractivity contribution in [2.45, 2.75) is 38.8 Å². The molecule has 0 radical (unpaired) electrons. The fourth-order valence-electron chi connectivity index (χ4n) is 3.31. The smallest absolute Gasteiger partial charge is 0.134 e. The molecule has 3 unspecified atom stereocenters. The molecule has 1 aromatic carbocycles. The maximum Gasteiger partial charge on any atom is 0.134 e. The van der Waals surface area contributed by atoms with Crippen LogP contribution in [0, 0.1) is 5.92 Å². The second-order valence-electron chi connectivity index (χ2n) is 5.49.